The van der Waals surface area contributed by atoms with Gasteiger partial charge in [0.25, 0.3) is 0 Å². The van der Waals surface area contributed by atoms with Crippen LogP contribution in [-0.4, -0.2) is 30.8 Å². The zero-order valence-electron chi connectivity index (χ0n) is 13.4. The summed E-state index contributed by atoms with van der Waals surface area (Å²) in [6, 6.07) is 4.48. The van der Waals surface area contributed by atoms with Gasteiger partial charge in [0, 0.05) is 24.8 Å². The first kappa shape index (κ1) is 16.4. The van der Waals surface area contributed by atoms with Gasteiger partial charge in [0.1, 0.15) is 11.4 Å². The summed E-state index contributed by atoms with van der Waals surface area (Å²) in [5.74, 6) is -0.299. The molecule has 1 saturated heterocycles. The van der Waals surface area contributed by atoms with Crippen LogP contribution in [0.1, 0.15) is 33.6 Å². The number of nitrogens with two attached hydrogens (primary N) is 1. The summed E-state index contributed by atoms with van der Waals surface area (Å²) in [5, 5.41) is 2.85. The second-order valence-electron chi connectivity index (χ2n) is 6.64. The van der Waals surface area contributed by atoms with Crippen LogP contribution in [0.2, 0.25) is 0 Å². The molecule has 1 aliphatic heterocycles. The Morgan fingerprint density at radius 2 is 2.18 bits per heavy atom. The average Bonchev–Trinajstić information content (AvgIpc) is 2.39. The maximum atomic E-state index is 14.0. The topological polar surface area (TPSA) is 67.6 Å². The molecule has 0 aliphatic carbocycles. The Hall–Kier alpha value is -1.98. The molecule has 6 heteroatoms. The van der Waals surface area contributed by atoms with Crippen LogP contribution in [0.3, 0.4) is 0 Å². The van der Waals surface area contributed by atoms with Gasteiger partial charge in [-0.3, -0.25) is 0 Å². The number of hydrogen-bond donors (Lipinski definition) is 2. The summed E-state index contributed by atoms with van der Waals surface area (Å²) >= 11 is 0. The number of ether oxygens (including phenoxy) is 1. The van der Waals surface area contributed by atoms with Crippen molar-refractivity contribution in [1.29, 1.82) is 0 Å². The molecule has 0 spiro atoms. The fraction of sp³-hybridized carbons (Fsp3) is 0.562. The fourth-order valence-corrected chi connectivity index (χ4v) is 2.56. The van der Waals surface area contributed by atoms with Gasteiger partial charge < -0.3 is 20.7 Å². The molecule has 1 fully saturated rings. The molecule has 1 aromatic rings. The second kappa shape index (κ2) is 6.42. The van der Waals surface area contributed by atoms with Crippen LogP contribution in [0.15, 0.2) is 18.2 Å². The number of carbonyl (C=O) groups is 1. The number of nitrogen functional groups attached to an aromatic ring is 1. The predicted octanol–water partition coefficient (Wildman–Crippen LogP) is 2.90. The Bertz CT molecular complexity index is 543. The zero-order chi connectivity index (χ0) is 16.3. The van der Waals surface area contributed by atoms with Gasteiger partial charge in [0.15, 0.2) is 0 Å². The second-order valence-corrected chi connectivity index (χ2v) is 6.64. The number of anilines is 2. The Morgan fingerprint density at radius 3 is 2.86 bits per heavy atom. The molecule has 1 atom stereocenters. The number of carbonyl (C=O) groups excluding carboxylic acids is 1. The number of alkyl carbamates (subject to hydrolysis) is 1. The van der Waals surface area contributed by atoms with Crippen molar-refractivity contribution in [3.8, 4) is 0 Å². The number of amides is 1. The lowest BCUT2D eigenvalue weighted by molar-refractivity contribution is 0.0500. The van der Waals surface area contributed by atoms with Crippen LogP contribution in [0, 0.1) is 5.82 Å². The van der Waals surface area contributed by atoms with Crippen LogP contribution in [0.25, 0.3) is 0 Å². The van der Waals surface area contributed by atoms with E-state index in [1.165, 1.54) is 6.07 Å². The van der Waals surface area contributed by atoms with E-state index in [4.69, 9.17) is 10.5 Å². The van der Waals surface area contributed by atoms with Crippen molar-refractivity contribution in [3.05, 3.63) is 24.0 Å². The fourth-order valence-electron chi connectivity index (χ4n) is 2.56. The maximum Gasteiger partial charge on any atom is 0.407 e. The van der Waals surface area contributed by atoms with Crippen LogP contribution >= 0.6 is 0 Å². The molecule has 1 amide bonds. The van der Waals surface area contributed by atoms with E-state index in [9.17, 15) is 9.18 Å². The first-order valence-electron chi connectivity index (χ1n) is 7.54. The zero-order valence-corrected chi connectivity index (χ0v) is 13.4. The minimum Gasteiger partial charge on any atom is -0.444 e. The number of rotatable bonds is 2. The third-order valence-electron chi connectivity index (χ3n) is 3.45. The molecule has 1 heterocycles. The van der Waals surface area contributed by atoms with Crippen molar-refractivity contribution >= 4 is 17.5 Å². The van der Waals surface area contributed by atoms with E-state index in [0.29, 0.717) is 17.9 Å². The summed E-state index contributed by atoms with van der Waals surface area (Å²) in [6.07, 6.45) is 1.28. The van der Waals surface area contributed by atoms with Crippen molar-refractivity contribution in [2.75, 3.05) is 23.7 Å². The molecule has 122 valence electrons. The van der Waals surface area contributed by atoms with E-state index in [2.05, 4.69) is 5.32 Å². The average molecular weight is 309 g/mol. The minimum absolute atomic E-state index is 0.0653. The number of nitrogens with zero attached hydrogens (tertiary/aromatic N) is 1. The van der Waals surface area contributed by atoms with Gasteiger partial charge in [-0.15, -0.1) is 0 Å². The lowest BCUT2D eigenvalue weighted by Gasteiger charge is -2.35. The minimum atomic E-state index is -0.529. The van der Waals surface area contributed by atoms with Crippen LogP contribution < -0.4 is 16.0 Å². The summed E-state index contributed by atoms with van der Waals surface area (Å²) in [5.41, 5.74) is 6.22. The number of hydrogen-bond acceptors (Lipinski definition) is 4. The Kier molecular flexibility index (Phi) is 4.78. The lowest BCUT2D eigenvalue weighted by atomic mass is 10.0. The van der Waals surface area contributed by atoms with Gasteiger partial charge in [0.05, 0.1) is 5.69 Å². The molecule has 0 radical (unpaired) electrons. The molecule has 3 N–H and O–H groups in total. The van der Waals surface area contributed by atoms with E-state index >= 15 is 0 Å². The molecule has 22 heavy (non-hydrogen) atoms. The van der Waals surface area contributed by atoms with Gasteiger partial charge in [-0.2, -0.15) is 0 Å². The van der Waals surface area contributed by atoms with Crippen LogP contribution in [0.4, 0.5) is 20.6 Å². The highest BCUT2D eigenvalue weighted by Gasteiger charge is 2.25. The molecule has 2 rings (SSSR count). The van der Waals surface area contributed by atoms with Crippen molar-refractivity contribution in [3.63, 3.8) is 0 Å². The lowest BCUT2D eigenvalue weighted by Crippen LogP contribution is -2.49. The predicted molar refractivity (Wildman–Crippen MR) is 85.4 cm³/mol. The van der Waals surface area contributed by atoms with Crippen molar-refractivity contribution in [1.82, 2.24) is 5.32 Å². The third kappa shape index (κ3) is 4.51. The van der Waals surface area contributed by atoms with Crippen molar-refractivity contribution in [2.45, 2.75) is 45.3 Å². The van der Waals surface area contributed by atoms with E-state index in [-0.39, 0.29) is 11.9 Å². The first-order chi connectivity index (χ1) is 10.2. The van der Waals surface area contributed by atoms with E-state index in [1.807, 2.05) is 25.7 Å². The van der Waals surface area contributed by atoms with Gasteiger partial charge >= 0.3 is 6.09 Å². The molecule has 0 aromatic heterocycles. The molecule has 1 unspecified atom stereocenters. The summed E-state index contributed by atoms with van der Waals surface area (Å²) in [4.78, 5) is 13.8. The van der Waals surface area contributed by atoms with E-state index in [1.54, 1.807) is 12.1 Å². The normalized spacial score (nSPS) is 18.9. The number of halogens is 1. The highest BCUT2D eigenvalue weighted by atomic mass is 19.1. The van der Waals surface area contributed by atoms with Crippen LogP contribution in [-0.2, 0) is 4.74 Å². The Balaban J connectivity index is 2.00. The molecule has 0 bridgehead atoms. The largest absolute Gasteiger partial charge is 0.444 e. The van der Waals surface area contributed by atoms with Crippen molar-refractivity contribution in [2.24, 2.45) is 0 Å². The van der Waals surface area contributed by atoms with E-state index in [0.717, 1.165) is 19.4 Å². The third-order valence-corrected chi connectivity index (χ3v) is 3.45. The molecule has 1 aliphatic rings. The van der Waals surface area contributed by atoms with Gasteiger partial charge in [-0.25, -0.2) is 9.18 Å². The number of piperidine rings is 1. The maximum absolute atomic E-state index is 14.0. The summed E-state index contributed by atoms with van der Waals surface area (Å²) < 4.78 is 19.2. The van der Waals surface area contributed by atoms with Gasteiger partial charge in [-0.05, 0) is 51.8 Å². The molecule has 0 saturated carbocycles. The standard InChI is InChI=1S/C16H24FN3O2/c1-16(2,3)22-15(21)19-12-5-4-8-20(10-12)14-9-11(18)6-7-13(14)17/h6-7,9,12H,4-5,8,10,18H2,1-3H3,(H,19,21). The summed E-state index contributed by atoms with van der Waals surface area (Å²) in [6.45, 7) is 6.75. The van der Waals surface area contributed by atoms with Crippen molar-refractivity contribution < 1.29 is 13.9 Å². The molecular formula is C16H24FN3O2. The Morgan fingerprint density at radius 1 is 1.45 bits per heavy atom. The number of nitrogens with one attached hydrogen (secondary N) is 1. The molecular weight excluding hydrogens is 285 g/mol. The highest BCUT2D eigenvalue weighted by Crippen LogP contribution is 2.25. The molecule has 1 aromatic carbocycles. The van der Waals surface area contributed by atoms with Gasteiger partial charge in [0.2, 0.25) is 0 Å². The van der Waals surface area contributed by atoms with Gasteiger partial charge in [-0.1, -0.05) is 0 Å². The Labute approximate surface area is 130 Å². The monoisotopic (exact) mass is 309 g/mol. The first-order valence-corrected chi connectivity index (χ1v) is 7.54. The van der Waals surface area contributed by atoms with Crippen LogP contribution in [0.5, 0.6) is 0 Å². The summed E-state index contributed by atoms with van der Waals surface area (Å²) in [7, 11) is 0. The highest BCUT2D eigenvalue weighted by molar-refractivity contribution is 5.68. The van der Waals surface area contributed by atoms with E-state index < -0.39 is 11.7 Å². The number of benzene rings is 1. The quantitative estimate of drug-likeness (QED) is 0.824. The SMILES string of the molecule is CC(C)(C)OC(=O)NC1CCCN(c2cc(N)ccc2F)C1. The smallest absolute Gasteiger partial charge is 0.407 e. The molecule has 5 nitrogen and oxygen atoms in total.